The van der Waals surface area contributed by atoms with Gasteiger partial charge in [0.2, 0.25) is 0 Å². The van der Waals surface area contributed by atoms with Crippen LogP contribution < -0.4 is 11.1 Å². The molecule has 1 aromatic heterocycles. The molecule has 162 valence electrons. The molecule has 1 saturated heterocycles. The molecule has 3 N–H and O–H groups in total. The number of carbonyl (C=O) groups excluding carboxylic acids is 2. The molecule has 1 fully saturated rings. The van der Waals surface area contributed by atoms with Gasteiger partial charge in [0.05, 0.1) is 12.3 Å². The molecule has 2 aromatic rings. The maximum absolute atomic E-state index is 13.5. The zero-order valence-electron chi connectivity index (χ0n) is 17.2. The number of nitrogens with one attached hydrogen (secondary N) is 1. The predicted molar refractivity (Wildman–Crippen MR) is 117 cm³/mol. The van der Waals surface area contributed by atoms with Gasteiger partial charge in [-0.1, -0.05) is 25.5 Å². The molecule has 0 radical (unpaired) electrons. The summed E-state index contributed by atoms with van der Waals surface area (Å²) in [6.07, 6.45) is 4.05. The highest BCUT2D eigenvalue weighted by Crippen LogP contribution is 2.33. The number of ether oxygens (including phenoxy) is 1. The molecule has 6 nitrogen and oxygen atoms in total. The van der Waals surface area contributed by atoms with E-state index in [0.717, 1.165) is 37.0 Å². The molecule has 8 heteroatoms. The minimum absolute atomic E-state index is 0.169. The fourth-order valence-electron chi connectivity index (χ4n) is 3.44. The molecule has 0 aliphatic carbocycles. The van der Waals surface area contributed by atoms with Crippen LogP contribution in [0.1, 0.15) is 48.7 Å². The van der Waals surface area contributed by atoms with E-state index in [1.807, 2.05) is 6.92 Å². The van der Waals surface area contributed by atoms with Gasteiger partial charge in [-0.2, -0.15) is 0 Å². The van der Waals surface area contributed by atoms with E-state index >= 15 is 0 Å². The van der Waals surface area contributed by atoms with Crippen LogP contribution >= 0.6 is 11.3 Å². The summed E-state index contributed by atoms with van der Waals surface area (Å²) in [6.45, 7) is 3.50. The van der Waals surface area contributed by atoms with Gasteiger partial charge in [0.1, 0.15) is 10.7 Å². The van der Waals surface area contributed by atoms with Gasteiger partial charge in [0.15, 0.2) is 0 Å². The summed E-state index contributed by atoms with van der Waals surface area (Å²) in [5.74, 6) is -0.610. The van der Waals surface area contributed by atoms with Crippen molar-refractivity contribution < 1.29 is 18.7 Å². The van der Waals surface area contributed by atoms with Gasteiger partial charge in [0, 0.05) is 24.0 Å². The van der Waals surface area contributed by atoms with Crippen LogP contribution in [0.3, 0.4) is 0 Å². The quantitative estimate of drug-likeness (QED) is 0.649. The van der Waals surface area contributed by atoms with Crippen molar-refractivity contribution in [3.63, 3.8) is 0 Å². The summed E-state index contributed by atoms with van der Waals surface area (Å²) in [6, 6.07) is 7.72. The number of nitrogens with two attached hydrogens (primary N) is 1. The SMILES string of the molecule is CCCCOC(=O)N1CCCC[C@@H](NC(=O)c2sc(-c3cccc(F)c3)cc2N)C1. The first kappa shape index (κ1) is 22.1. The molecule has 0 saturated carbocycles. The van der Waals surface area contributed by atoms with Gasteiger partial charge in [-0.05, 0) is 49.4 Å². The summed E-state index contributed by atoms with van der Waals surface area (Å²) in [5.41, 5.74) is 7.11. The number of hydrogen-bond acceptors (Lipinski definition) is 5. The topological polar surface area (TPSA) is 84.7 Å². The lowest BCUT2D eigenvalue weighted by Gasteiger charge is -2.24. The lowest BCUT2D eigenvalue weighted by atomic mass is 10.1. The number of hydrogen-bond donors (Lipinski definition) is 2. The molecule has 2 heterocycles. The standard InChI is InChI=1S/C22H28FN3O3S/c1-2-3-11-29-22(28)26-10-5-4-9-17(14-26)25-21(27)20-18(24)13-19(30-20)15-7-6-8-16(23)12-15/h6-8,12-13,17H,2-5,9-11,14,24H2,1H3,(H,25,27)/t17-/m1/s1. The number of likely N-dealkylation sites (tertiary alicyclic amines) is 1. The number of carbonyl (C=O) groups is 2. The van der Waals surface area contributed by atoms with E-state index < -0.39 is 0 Å². The Labute approximate surface area is 180 Å². The Balaban J connectivity index is 1.65. The van der Waals surface area contributed by atoms with Crippen molar-refractivity contribution in [3.05, 3.63) is 41.0 Å². The van der Waals surface area contributed by atoms with Crippen molar-refractivity contribution in [1.82, 2.24) is 10.2 Å². The van der Waals surface area contributed by atoms with Crippen LogP contribution in [-0.4, -0.2) is 42.6 Å². The molecular weight excluding hydrogens is 405 g/mol. The molecule has 0 spiro atoms. The zero-order valence-corrected chi connectivity index (χ0v) is 18.0. The second-order valence-electron chi connectivity index (χ2n) is 7.49. The van der Waals surface area contributed by atoms with E-state index in [9.17, 15) is 14.0 Å². The molecule has 2 amide bonds. The second kappa shape index (κ2) is 10.4. The Morgan fingerprint density at radius 2 is 2.17 bits per heavy atom. The Hall–Kier alpha value is -2.61. The van der Waals surface area contributed by atoms with Gasteiger partial charge in [-0.3, -0.25) is 4.79 Å². The molecule has 0 bridgehead atoms. The molecule has 30 heavy (non-hydrogen) atoms. The summed E-state index contributed by atoms with van der Waals surface area (Å²) in [7, 11) is 0. The zero-order chi connectivity index (χ0) is 21.5. The summed E-state index contributed by atoms with van der Waals surface area (Å²) < 4.78 is 18.8. The van der Waals surface area contributed by atoms with Gasteiger partial charge < -0.3 is 20.7 Å². The van der Waals surface area contributed by atoms with Crippen LogP contribution in [0.5, 0.6) is 0 Å². The number of rotatable bonds is 6. The maximum Gasteiger partial charge on any atom is 0.409 e. The largest absolute Gasteiger partial charge is 0.449 e. The van der Waals surface area contributed by atoms with E-state index in [0.29, 0.717) is 35.8 Å². The highest BCUT2D eigenvalue weighted by Gasteiger charge is 2.25. The summed E-state index contributed by atoms with van der Waals surface area (Å²) in [5, 5.41) is 3.01. The fraction of sp³-hybridized carbons (Fsp3) is 0.455. The molecule has 1 aliphatic rings. The lowest BCUT2D eigenvalue weighted by Crippen LogP contribution is -2.44. The Kier molecular flexibility index (Phi) is 7.68. The Morgan fingerprint density at radius 1 is 1.33 bits per heavy atom. The van der Waals surface area contributed by atoms with Crippen molar-refractivity contribution in [1.29, 1.82) is 0 Å². The number of unbranched alkanes of at least 4 members (excludes halogenated alkanes) is 1. The van der Waals surface area contributed by atoms with Crippen LogP contribution in [0.15, 0.2) is 30.3 Å². The number of amides is 2. The van der Waals surface area contributed by atoms with Crippen molar-refractivity contribution >= 4 is 29.0 Å². The van der Waals surface area contributed by atoms with Crippen LogP contribution in [0.25, 0.3) is 10.4 Å². The monoisotopic (exact) mass is 433 g/mol. The first-order chi connectivity index (χ1) is 14.5. The third kappa shape index (κ3) is 5.72. The number of anilines is 1. The van der Waals surface area contributed by atoms with Gasteiger partial charge in [-0.25, -0.2) is 9.18 Å². The van der Waals surface area contributed by atoms with Crippen molar-refractivity contribution in [2.75, 3.05) is 25.4 Å². The van der Waals surface area contributed by atoms with Crippen LogP contribution in [0.2, 0.25) is 0 Å². The first-order valence-electron chi connectivity index (χ1n) is 10.4. The Morgan fingerprint density at radius 3 is 2.93 bits per heavy atom. The lowest BCUT2D eigenvalue weighted by molar-refractivity contribution is 0.0887. The Bertz CT molecular complexity index is 886. The van der Waals surface area contributed by atoms with E-state index in [-0.39, 0.29) is 23.9 Å². The number of halogens is 1. The van der Waals surface area contributed by atoms with Crippen molar-refractivity contribution in [2.24, 2.45) is 0 Å². The van der Waals surface area contributed by atoms with Crippen LogP contribution in [0, 0.1) is 5.82 Å². The maximum atomic E-state index is 13.5. The first-order valence-corrected chi connectivity index (χ1v) is 11.2. The normalized spacial score (nSPS) is 16.7. The molecule has 1 aromatic carbocycles. The predicted octanol–water partition coefficient (Wildman–Crippen LogP) is 4.66. The van der Waals surface area contributed by atoms with Gasteiger partial charge in [0.25, 0.3) is 5.91 Å². The van der Waals surface area contributed by atoms with Crippen LogP contribution in [-0.2, 0) is 4.74 Å². The number of nitrogens with zero attached hydrogens (tertiary/aromatic N) is 1. The third-order valence-corrected chi connectivity index (χ3v) is 6.26. The van der Waals surface area contributed by atoms with E-state index in [1.54, 1.807) is 23.1 Å². The number of thiophene rings is 1. The molecule has 0 unspecified atom stereocenters. The molecule has 1 atom stereocenters. The summed E-state index contributed by atoms with van der Waals surface area (Å²) in [4.78, 5) is 28.0. The third-order valence-electron chi connectivity index (χ3n) is 5.06. The highest BCUT2D eigenvalue weighted by molar-refractivity contribution is 7.18. The molecular formula is C22H28FN3O3S. The minimum Gasteiger partial charge on any atom is -0.449 e. The average Bonchev–Trinajstić information content (AvgIpc) is 2.96. The summed E-state index contributed by atoms with van der Waals surface area (Å²) >= 11 is 1.23. The smallest absolute Gasteiger partial charge is 0.409 e. The highest BCUT2D eigenvalue weighted by atomic mass is 32.1. The van der Waals surface area contributed by atoms with E-state index in [1.165, 1.54) is 23.5 Å². The van der Waals surface area contributed by atoms with Crippen LogP contribution in [0.4, 0.5) is 14.9 Å². The molecule has 3 rings (SSSR count). The number of nitrogen functional groups attached to an aromatic ring is 1. The molecule has 1 aliphatic heterocycles. The van der Waals surface area contributed by atoms with E-state index in [4.69, 9.17) is 10.5 Å². The fourth-order valence-corrected chi connectivity index (χ4v) is 4.42. The van der Waals surface area contributed by atoms with Crippen molar-refractivity contribution in [3.8, 4) is 10.4 Å². The minimum atomic E-state index is -0.338. The van der Waals surface area contributed by atoms with Crippen molar-refractivity contribution in [2.45, 2.75) is 45.1 Å². The van der Waals surface area contributed by atoms with Gasteiger partial charge >= 0.3 is 6.09 Å². The average molecular weight is 434 g/mol. The van der Waals surface area contributed by atoms with E-state index in [2.05, 4.69) is 5.32 Å². The number of benzene rings is 1. The van der Waals surface area contributed by atoms with Gasteiger partial charge in [-0.15, -0.1) is 11.3 Å². The second-order valence-corrected chi connectivity index (χ2v) is 8.54.